The molecule has 0 aliphatic heterocycles. The lowest BCUT2D eigenvalue weighted by Gasteiger charge is -2.10. The van der Waals surface area contributed by atoms with Crippen LogP contribution in [0.4, 0.5) is 17.3 Å². The molecule has 0 saturated carbocycles. The van der Waals surface area contributed by atoms with E-state index in [-0.39, 0.29) is 0 Å². The van der Waals surface area contributed by atoms with Crippen LogP contribution in [0.1, 0.15) is 0 Å². The molecule has 0 radical (unpaired) electrons. The molecule has 0 spiro atoms. The summed E-state index contributed by atoms with van der Waals surface area (Å²) in [5.74, 6) is 6.53. The Hall–Kier alpha value is -1.02. The van der Waals surface area contributed by atoms with Gasteiger partial charge in [0.15, 0.2) is 5.16 Å². The number of anilines is 3. The van der Waals surface area contributed by atoms with E-state index in [1.54, 1.807) is 6.07 Å². The van der Waals surface area contributed by atoms with Gasteiger partial charge in [-0.05, 0) is 24.5 Å². The second-order valence-corrected chi connectivity index (χ2v) is 5.61. The van der Waals surface area contributed by atoms with Crippen molar-refractivity contribution in [2.24, 2.45) is 5.84 Å². The van der Waals surface area contributed by atoms with Crippen LogP contribution >= 0.6 is 39.3 Å². The highest BCUT2D eigenvalue weighted by Gasteiger charge is 2.06. The van der Waals surface area contributed by atoms with Crippen LogP contribution in [0.3, 0.4) is 0 Å². The number of hydrogen-bond donors (Lipinski definition) is 3. The number of benzene rings is 1. The summed E-state index contributed by atoms with van der Waals surface area (Å²) in [6.45, 7) is 0. The summed E-state index contributed by atoms with van der Waals surface area (Å²) < 4.78 is 0.917. The topological polar surface area (TPSA) is 75.9 Å². The van der Waals surface area contributed by atoms with E-state index in [0.29, 0.717) is 21.8 Å². The van der Waals surface area contributed by atoms with E-state index in [4.69, 9.17) is 17.4 Å². The Bertz CT molecular complexity index is 573. The van der Waals surface area contributed by atoms with E-state index < -0.39 is 0 Å². The number of hydrazine groups is 1. The van der Waals surface area contributed by atoms with Gasteiger partial charge >= 0.3 is 0 Å². The van der Waals surface area contributed by atoms with E-state index in [2.05, 4.69) is 36.6 Å². The minimum absolute atomic E-state index is 0.537. The molecule has 0 aliphatic carbocycles. The lowest BCUT2D eigenvalue weighted by molar-refractivity contribution is 0.971. The van der Waals surface area contributed by atoms with Gasteiger partial charge in [-0.2, -0.15) is 0 Å². The van der Waals surface area contributed by atoms with Gasteiger partial charge in [-0.15, -0.1) is 0 Å². The van der Waals surface area contributed by atoms with E-state index in [9.17, 15) is 0 Å². The first-order valence-electron chi connectivity index (χ1n) is 5.24. The van der Waals surface area contributed by atoms with Crippen LogP contribution in [0.2, 0.25) is 5.02 Å². The fourth-order valence-electron chi connectivity index (χ4n) is 1.38. The second kappa shape index (κ2) is 6.42. The van der Waals surface area contributed by atoms with Crippen LogP contribution in [0.25, 0.3) is 0 Å². The van der Waals surface area contributed by atoms with Crippen molar-refractivity contribution >= 4 is 56.6 Å². The van der Waals surface area contributed by atoms with Crippen molar-refractivity contribution in [3.8, 4) is 0 Å². The summed E-state index contributed by atoms with van der Waals surface area (Å²) in [7, 11) is 0. The van der Waals surface area contributed by atoms with Crippen molar-refractivity contribution in [1.29, 1.82) is 0 Å². The third-order valence-electron chi connectivity index (χ3n) is 2.23. The van der Waals surface area contributed by atoms with Crippen LogP contribution in [0, 0.1) is 0 Å². The molecule has 2 rings (SSSR count). The van der Waals surface area contributed by atoms with Crippen molar-refractivity contribution in [3.63, 3.8) is 0 Å². The predicted molar refractivity (Wildman–Crippen MR) is 84.1 cm³/mol. The molecule has 0 unspecified atom stereocenters. The number of hydrogen-bond acceptors (Lipinski definition) is 6. The fraction of sp³-hybridized carbons (Fsp3) is 0.0909. The molecule has 19 heavy (non-hydrogen) atoms. The molecule has 100 valence electrons. The zero-order chi connectivity index (χ0) is 13.8. The summed E-state index contributed by atoms with van der Waals surface area (Å²) in [5, 5.41) is 4.35. The molecule has 0 saturated heterocycles. The molecule has 0 bridgehead atoms. The summed E-state index contributed by atoms with van der Waals surface area (Å²) in [5.41, 5.74) is 3.27. The highest BCUT2D eigenvalue weighted by Crippen LogP contribution is 2.28. The van der Waals surface area contributed by atoms with Crippen LogP contribution in [-0.4, -0.2) is 16.2 Å². The van der Waals surface area contributed by atoms with Crippen molar-refractivity contribution < 1.29 is 0 Å². The molecular weight excluding hydrogens is 350 g/mol. The maximum Gasteiger partial charge on any atom is 0.191 e. The van der Waals surface area contributed by atoms with Gasteiger partial charge in [0.1, 0.15) is 11.6 Å². The van der Waals surface area contributed by atoms with E-state index >= 15 is 0 Å². The van der Waals surface area contributed by atoms with Gasteiger partial charge in [0.2, 0.25) is 0 Å². The fourth-order valence-corrected chi connectivity index (χ4v) is 2.48. The van der Waals surface area contributed by atoms with Crippen LogP contribution in [0.15, 0.2) is 33.9 Å². The van der Waals surface area contributed by atoms with Crippen molar-refractivity contribution in [1.82, 2.24) is 9.97 Å². The molecule has 1 aromatic carbocycles. The first-order chi connectivity index (χ1) is 9.12. The summed E-state index contributed by atoms with van der Waals surface area (Å²) in [6.07, 6.45) is 1.89. The van der Waals surface area contributed by atoms with Crippen LogP contribution in [0.5, 0.6) is 0 Å². The zero-order valence-electron chi connectivity index (χ0n) is 9.95. The highest BCUT2D eigenvalue weighted by atomic mass is 79.9. The lowest BCUT2D eigenvalue weighted by atomic mass is 10.3. The third kappa shape index (κ3) is 3.73. The number of nitrogens with two attached hydrogens (primary N) is 1. The number of thioether (sulfide) groups is 1. The number of nitrogens with zero attached hydrogens (tertiary/aromatic N) is 2. The zero-order valence-corrected chi connectivity index (χ0v) is 13.1. The predicted octanol–water partition coefficient (Wildman–Crippen LogP) is 3.64. The Balaban J connectivity index is 2.31. The van der Waals surface area contributed by atoms with E-state index in [1.165, 1.54) is 11.8 Å². The van der Waals surface area contributed by atoms with Crippen molar-refractivity contribution in [3.05, 3.63) is 33.8 Å². The normalized spacial score (nSPS) is 10.3. The van der Waals surface area contributed by atoms with Crippen LogP contribution < -0.4 is 16.6 Å². The first kappa shape index (κ1) is 14.4. The SMILES string of the molecule is CSc1nc(NN)cc(Nc2ccc(Br)cc2Cl)n1. The van der Waals surface area contributed by atoms with Gasteiger partial charge in [-0.3, -0.25) is 0 Å². The monoisotopic (exact) mass is 359 g/mol. The Morgan fingerprint density at radius 3 is 2.63 bits per heavy atom. The van der Waals surface area contributed by atoms with E-state index in [1.807, 2.05) is 24.5 Å². The second-order valence-electron chi connectivity index (χ2n) is 3.52. The number of nitrogen functional groups attached to an aromatic ring is 1. The minimum atomic E-state index is 0.537. The summed E-state index contributed by atoms with van der Waals surface area (Å²) in [6, 6.07) is 7.27. The average molecular weight is 361 g/mol. The Morgan fingerprint density at radius 1 is 1.26 bits per heavy atom. The minimum Gasteiger partial charge on any atom is -0.339 e. The largest absolute Gasteiger partial charge is 0.339 e. The number of rotatable bonds is 4. The molecule has 0 aliphatic rings. The smallest absolute Gasteiger partial charge is 0.191 e. The quantitative estimate of drug-likeness (QED) is 0.334. The van der Waals surface area contributed by atoms with Crippen molar-refractivity contribution in [2.45, 2.75) is 5.16 Å². The summed E-state index contributed by atoms with van der Waals surface area (Å²) in [4.78, 5) is 8.52. The Morgan fingerprint density at radius 2 is 2.00 bits per heavy atom. The third-order valence-corrected chi connectivity index (χ3v) is 3.58. The number of halogens is 2. The first-order valence-corrected chi connectivity index (χ1v) is 7.63. The molecule has 0 fully saturated rings. The molecule has 1 aromatic heterocycles. The average Bonchev–Trinajstić information content (AvgIpc) is 2.41. The lowest BCUT2D eigenvalue weighted by Crippen LogP contribution is -2.10. The standard InChI is InChI=1S/C11H11BrClN5S/c1-19-11-16-9(5-10(17-11)18-14)15-8-3-2-6(12)4-7(8)13/h2-5H,14H2,1H3,(H2,15,16,17,18). The molecule has 2 aromatic rings. The maximum atomic E-state index is 6.15. The number of nitrogens with one attached hydrogen (secondary N) is 2. The molecular formula is C11H11BrClN5S. The van der Waals surface area contributed by atoms with Crippen LogP contribution in [-0.2, 0) is 0 Å². The molecule has 0 atom stereocenters. The molecule has 8 heteroatoms. The molecule has 5 nitrogen and oxygen atoms in total. The van der Waals surface area contributed by atoms with Gasteiger partial charge < -0.3 is 10.7 Å². The Labute approximate surface area is 128 Å². The van der Waals surface area contributed by atoms with Crippen molar-refractivity contribution in [2.75, 3.05) is 17.0 Å². The van der Waals surface area contributed by atoms with Gasteiger partial charge in [-0.1, -0.05) is 39.3 Å². The van der Waals surface area contributed by atoms with Gasteiger partial charge in [0.25, 0.3) is 0 Å². The van der Waals surface area contributed by atoms with Gasteiger partial charge in [0.05, 0.1) is 10.7 Å². The van der Waals surface area contributed by atoms with Gasteiger partial charge in [0, 0.05) is 10.5 Å². The summed E-state index contributed by atoms with van der Waals surface area (Å²) >= 11 is 10.9. The van der Waals surface area contributed by atoms with E-state index in [0.717, 1.165) is 10.2 Å². The molecule has 0 amide bonds. The maximum absolute atomic E-state index is 6.15. The van der Waals surface area contributed by atoms with Gasteiger partial charge in [-0.25, -0.2) is 15.8 Å². The molecule has 1 heterocycles. The Kier molecular flexibility index (Phi) is 4.87. The highest BCUT2D eigenvalue weighted by molar-refractivity contribution is 9.10. The number of aromatic nitrogens is 2. The molecule has 4 N–H and O–H groups in total.